The summed E-state index contributed by atoms with van der Waals surface area (Å²) in [5.41, 5.74) is 2.80. The van der Waals surface area contributed by atoms with Crippen LogP contribution in [0.2, 0.25) is 0 Å². The minimum atomic E-state index is 0.444. The molecule has 0 aromatic carbocycles. The second-order valence-electron chi connectivity index (χ2n) is 3.58. The first-order chi connectivity index (χ1) is 7.67. The number of pyridine rings is 1. The lowest BCUT2D eigenvalue weighted by Crippen LogP contribution is -1.92. The standard InChI is InChI=1S/C11H12ClN3O/c1-7-3-9(6-12)5-10(13-7)16-11-4-8(2)14-15-11/h3-5H,6H2,1-2H3,(H,14,15). The first kappa shape index (κ1) is 11.0. The van der Waals surface area contributed by atoms with Gasteiger partial charge in [-0.05, 0) is 25.5 Å². The van der Waals surface area contributed by atoms with E-state index in [9.17, 15) is 0 Å². The van der Waals surface area contributed by atoms with E-state index in [0.29, 0.717) is 17.6 Å². The Morgan fingerprint density at radius 2 is 2.06 bits per heavy atom. The molecule has 1 N–H and O–H groups in total. The van der Waals surface area contributed by atoms with E-state index < -0.39 is 0 Å². The second kappa shape index (κ2) is 4.53. The molecule has 0 amide bonds. The minimum absolute atomic E-state index is 0.444. The van der Waals surface area contributed by atoms with E-state index in [0.717, 1.165) is 17.0 Å². The van der Waals surface area contributed by atoms with Crippen molar-refractivity contribution in [2.75, 3.05) is 0 Å². The number of aryl methyl sites for hydroxylation is 2. The van der Waals surface area contributed by atoms with Gasteiger partial charge in [-0.1, -0.05) is 0 Å². The monoisotopic (exact) mass is 237 g/mol. The van der Waals surface area contributed by atoms with Crippen LogP contribution in [0.1, 0.15) is 17.0 Å². The van der Waals surface area contributed by atoms with Crippen LogP contribution in [0, 0.1) is 13.8 Å². The summed E-state index contributed by atoms with van der Waals surface area (Å²) in [5, 5.41) is 6.78. The fourth-order valence-electron chi connectivity index (χ4n) is 1.39. The number of H-pyrrole nitrogens is 1. The van der Waals surface area contributed by atoms with Crippen molar-refractivity contribution in [3.05, 3.63) is 35.2 Å². The maximum atomic E-state index is 5.77. The summed E-state index contributed by atoms with van der Waals surface area (Å²) < 4.78 is 5.51. The quantitative estimate of drug-likeness (QED) is 0.835. The van der Waals surface area contributed by atoms with Crippen molar-refractivity contribution in [3.63, 3.8) is 0 Å². The van der Waals surface area contributed by atoms with E-state index in [4.69, 9.17) is 16.3 Å². The zero-order valence-electron chi connectivity index (χ0n) is 9.12. The number of aromatic amines is 1. The van der Waals surface area contributed by atoms with Crippen LogP contribution in [-0.4, -0.2) is 15.2 Å². The number of rotatable bonds is 3. The molecule has 0 fully saturated rings. The Hall–Kier alpha value is -1.55. The molecule has 2 aromatic rings. The van der Waals surface area contributed by atoms with Gasteiger partial charge in [-0.3, -0.25) is 5.10 Å². The Kier molecular flexibility index (Phi) is 3.10. The molecule has 0 saturated heterocycles. The first-order valence-electron chi connectivity index (χ1n) is 4.91. The van der Waals surface area contributed by atoms with E-state index in [1.807, 2.05) is 32.0 Å². The van der Waals surface area contributed by atoms with Gasteiger partial charge in [-0.2, -0.15) is 0 Å². The summed E-state index contributed by atoms with van der Waals surface area (Å²) in [6.07, 6.45) is 0. The maximum Gasteiger partial charge on any atom is 0.240 e. The van der Waals surface area contributed by atoms with Gasteiger partial charge in [0.15, 0.2) is 0 Å². The second-order valence-corrected chi connectivity index (χ2v) is 3.85. The molecule has 5 heteroatoms. The number of nitrogens with zero attached hydrogens (tertiary/aromatic N) is 2. The van der Waals surface area contributed by atoms with Crippen LogP contribution in [0.3, 0.4) is 0 Å². The number of halogens is 1. The highest BCUT2D eigenvalue weighted by molar-refractivity contribution is 6.17. The molecule has 0 aliphatic rings. The molecule has 2 heterocycles. The summed E-state index contributed by atoms with van der Waals surface area (Å²) in [5.74, 6) is 1.47. The van der Waals surface area contributed by atoms with E-state index in [1.165, 1.54) is 0 Å². The molecule has 84 valence electrons. The van der Waals surface area contributed by atoms with Gasteiger partial charge in [0.25, 0.3) is 0 Å². The molecule has 0 unspecified atom stereocenters. The van der Waals surface area contributed by atoms with Crippen LogP contribution in [0.4, 0.5) is 0 Å². The average Bonchev–Trinajstić information content (AvgIpc) is 2.63. The predicted molar refractivity (Wildman–Crippen MR) is 61.9 cm³/mol. The van der Waals surface area contributed by atoms with Crippen molar-refractivity contribution < 1.29 is 4.74 Å². The minimum Gasteiger partial charge on any atom is -0.419 e. The van der Waals surface area contributed by atoms with E-state index in [2.05, 4.69) is 15.2 Å². The van der Waals surface area contributed by atoms with Crippen molar-refractivity contribution in [2.45, 2.75) is 19.7 Å². The van der Waals surface area contributed by atoms with Crippen LogP contribution in [0.15, 0.2) is 18.2 Å². The van der Waals surface area contributed by atoms with Crippen molar-refractivity contribution in [2.24, 2.45) is 0 Å². The number of alkyl halides is 1. The molecular formula is C11H12ClN3O. The SMILES string of the molecule is Cc1cc(CCl)cc(Oc2cc(C)[nH]n2)n1. The molecule has 0 bridgehead atoms. The van der Waals surface area contributed by atoms with Gasteiger partial charge in [0.1, 0.15) is 0 Å². The zero-order valence-corrected chi connectivity index (χ0v) is 9.88. The van der Waals surface area contributed by atoms with Gasteiger partial charge in [0.2, 0.25) is 11.8 Å². The number of nitrogens with one attached hydrogen (secondary N) is 1. The highest BCUT2D eigenvalue weighted by atomic mass is 35.5. The number of ether oxygens (including phenoxy) is 1. The number of hydrogen-bond donors (Lipinski definition) is 1. The molecule has 4 nitrogen and oxygen atoms in total. The lowest BCUT2D eigenvalue weighted by molar-refractivity contribution is 0.442. The molecule has 0 spiro atoms. The lowest BCUT2D eigenvalue weighted by Gasteiger charge is -2.04. The van der Waals surface area contributed by atoms with E-state index in [1.54, 1.807) is 0 Å². The van der Waals surface area contributed by atoms with Crippen LogP contribution >= 0.6 is 11.6 Å². The average molecular weight is 238 g/mol. The Bertz CT molecular complexity index is 496. The summed E-state index contributed by atoms with van der Waals surface area (Å²) in [6, 6.07) is 5.55. The Balaban J connectivity index is 2.24. The van der Waals surface area contributed by atoms with Crippen molar-refractivity contribution in [1.82, 2.24) is 15.2 Å². The molecule has 16 heavy (non-hydrogen) atoms. The smallest absolute Gasteiger partial charge is 0.240 e. The first-order valence-corrected chi connectivity index (χ1v) is 5.44. The Morgan fingerprint density at radius 3 is 2.69 bits per heavy atom. The summed E-state index contributed by atoms with van der Waals surface area (Å²) in [4.78, 5) is 4.25. The van der Waals surface area contributed by atoms with Gasteiger partial charge >= 0.3 is 0 Å². The Labute approximate surface area is 98.6 Å². The summed E-state index contributed by atoms with van der Waals surface area (Å²) in [6.45, 7) is 3.81. The highest BCUT2D eigenvalue weighted by Gasteiger charge is 2.04. The number of aromatic nitrogens is 3. The normalized spacial score (nSPS) is 10.4. The van der Waals surface area contributed by atoms with Gasteiger partial charge in [-0.15, -0.1) is 16.7 Å². The molecule has 0 radical (unpaired) electrons. The van der Waals surface area contributed by atoms with Crippen LogP contribution < -0.4 is 4.74 Å². The molecule has 2 aromatic heterocycles. The van der Waals surface area contributed by atoms with E-state index in [-0.39, 0.29) is 0 Å². The molecule has 0 aliphatic heterocycles. The maximum absolute atomic E-state index is 5.77. The topological polar surface area (TPSA) is 50.8 Å². The van der Waals surface area contributed by atoms with Gasteiger partial charge in [-0.25, -0.2) is 4.98 Å². The van der Waals surface area contributed by atoms with Crippen molar-refractivity contribution in [3.8, 4) is 11.8 Å². The lowest BCUT2D eigenvalue weighted by atomic mass is 10.2. The third kappa shape index (κ3) is 2.52. The fraction of sp³-hybridized carbons (Fsp3) is 0.273. The van der Waals surface area contributed by atoms with Crippen LogP contribution in [0.25, 0.3) is 0 Å². The van der Waals surface area contributed by atoms with Gasteiger partial charge < -0.3 is 4.74 Å². The van der Waals surface area contributed by atoms with Crippen molar-refractivity contribution >= 4 is 11.6 Å². The summed E-state index contributed by atoms with van der Waals surface area (Å²) >= 11 is 5.77. The van der Waals surface area contributed by atoms with Crippen LogP contribution in [0.5, 0.6) is 11.8 Å². The molecule has 0 atom stereocenters. The molecule has 0 saturated carbocycles. The highest BCUT2D eigenvalue weighted by Crippen LogP contribution is 2.20. The largest absolute Gasteiger partial charge is 0.419 e. The van der Waals surface area contributed by atoms with Gasteiger partial charge in [0, 0.05) is 29.4 Å². The van der Waals surface area contributed by atoms with Crippen molar-refractivity contribution in [1.29, 1.82) is 0 Å². The molecule has 2 rings (SSSR count). The third-order valence-corrected chi connectivity index (χ3v) is 2.34. The zero-order chi connectivity index (χ0) is 11.5. The molecular weight excluding hydrogens is 226 g/mol. The number of hydrogen-bond acceptors (Lipinski definition) is 3. The molecule has 0 aliphatic carbocycles. The Morgan fingerprint density at radius 1 is 1.25 bits per heavy atom. The van der Waals surface area contributed by atoms with E-state index >= 15 is 0 Å². The third-order valence-electron chi connectivity index (χ3n) is 2.04. The van der Waals surface area contributed by atoms with Crippen LogP contribution in [-0.2, 0) is 5.88 Å². The predicted octanol–water partition coefficient (Wildman–Crippen LogP) is 2.95. The van der Waals surface area contributed by atoms with Gasteiger partial charge in [0.05, 0.1) is 0 Å². The summed E-state index contributed by atoms with van der Waals surface area (Å²) in [7, 11) is 0. The fourth-order valence-corrected chi connectivity index (χ4v) is 1.54.